The van der Waals surface area contributed by atoms with E-state index >= 15 is 0 Å². The number of nitrogens with zero attached hydrogens (tertiary/aromatic N) is 1. The van der Waals surface area contributed by atoms with Crippen molar-refractivity contribution in [3.63, 3.8) is 0 Å². The molecule has 0 bridgehead atoms. The van der Waals surface area contributed by atoms with Crippen LogP contribution in [0.4, 0.5) is 5.69 Å². The molecular formula is C21H23ClN2O3. The molecule has 6 heteroatoms. The van der Waals surface area contributed by atoms with Crippen LogP contribution in [0, 0.1) is 0 Å². The molecule has 2 heterocycles. The van der Waals surface area contributed by atoms with Gasteiger partial charge in [0.15, 0.2) is 11.5 Å². The van der Waals surface area contributed by atoms with E-state index in [1.807, 2.05) is 31.2 Å². The Hall–Kier alpha value is -2.24. The fraction of sp³-hybridized carbons (Fsp3) is 0.381. The van der Waals surface area contributed by atoms with Gasteiger partial charge < -0.3 is 14.8 Å². The minimum Gasteiger partial charge on any atom is -0.493 e. The van der Waals surface area contributed by atoms with Gasteiger partial charge in [0.1, 0.15) is 0 Å². The number of anilines is 1. The molecule has 1 amide bonds. The molecule has 0 aromatic heterocycles. The third kappa shape index (κ3) is 2.95. The van der Waals surface area contributed by atoms with E-state index < -0.39 is 0 Å². The highest BCUT2D eigenvalue weighted by molar-refractivity contribution is 6.30. The molecule has 0 saturated heterocycles. The third-order valence-corrected chi connectivity index (χ3v) is 5.80. The lowest BCUT2D eigenvalue weighted by atomic mass is 9.86. The molecule has 0 fully saturated rings. The molecule has 0 spiro atoms. The summed E-state index contributed by atoms with van der Waals surface area (Å²) < 4.78 is 11.0. The highest BCUT2D eigenvalue weighted by Crippen LogP contribution is 2.45. The smallest absolute Gasteiger partial charge is 0.241 e. The summed E-state index contributed by atoms with van der Waals surface area (Å²) in [6, 6.07) is 9.50. The number of carbonyl (C=O) groups is 1. The number of methoxy groups -OCH3 is 2. The van der Waals surface area contributed by atoms with Crippen molar-refractivity contribution < 1.29 is 14.3 Å². The number of rotatable bonds is 3. The molecule has 2 aliphatic heterocycles. The van der Waals surface area contributed by atoms with E-state index in [9.17, 15) is 4.79 Å². The van der Waals surface area contributed by atoms with Crippen molar-refractivity contribution in [1.29, 1.82) is 0 Å². The maximum atomic E-state index is 12.9. The molecule has 0 saturated carbocycles. The zero-order valence-electron chi connectivity index (χ0n) is 15.7. The molecule has 2 aromatic carbocycles. The van der Waals surface area contributed by atoms with Gasteiger partial charge in [0.2, 0.25) is 5.91 Å². The lowest BCUT2D eigenvalue weighted by molar-refractivity contribution is -0.121. The summed E-state index contributed by atoms with van der Waals surface area (Å²) in [6.07, 6.45) is 1.60. The average molecular weight is 387 g/mol. The van der Waals surface area contributed by atoms with Crippen molar-refractivity contribution in [1.82, 2.24) is 4.90 Å². The van der Waals surface area contributed by atoms with Crippen LogP contribution in [0.2, 0.25) is 5.02 Å². The van der Waals surface area contributed by atoms with E-state index in [0.717, 1.165) is 42.0 Å². The monoisotopic (exact) mass is 386 g/mol. The highest BCUT2D eigenvalue weighted by Gasteiger charge is 2.40. The summed E-state index contributed by atoms with van der Waals surface area (Å²) in [5, 5.41) is 3.75. The quantitative estimate of drug-likeness (QED) is 0.865. The molecule has 2 aromatic rings. The van der Waals surface area contributed by atoms with Crippen LogP contribution < -0.4 is 14.8 Å². The number of hydrogen-bond acceptors (Lipinski definition) is 4. The first-order valence-electron chi connectivity index (χ1n) is 9.18. The molecule has 2 unspecified atom stereocenters. The second-order valence-electron chi connectivity index (χ2n) is 6.94. The van der Waals surface area contributed by atoms with Crippen LogP contribution in [0.5, 0.6) is 11.5 Å². The predicted octanol–water partition coefficient (Wildman–Crippen LogP) is 4.04. The minimum atomic E-state index is -0.192. The summed E-state index contributed by atoms with van der Waals surface area (Å²) >= 11 is 6.33. The first-order chi connectivity index (χ1) is 13.1. The minimum absolute atomic E-state index is 0.0347. The van der Waals surface area contributed by atoms with Gasteiger partial charge in [-0.05, 0) is 59.9 Å². The average Bonchev–Trinajstić information content (AvgIpc) is 2.79. The van der Waals surface area contributed by atoms with Crippen molar-refractivity contribution in [3.8, 4) is 11.5 Å². The van der Waals surface area contributed by atoms with Crippen molar-refractivity contribution >= 4 is 23.2 Å². The van der Waals surface area contributed by atoms with Crippen molar-refractivity contribution in [2.24, 2.45) is 0 Å². The van der Waals surface area contributed by atoms with Crippen LogP contribution in [0.15, 0.2) is 30.3 Å². The van der Waals surface area contributed by atoms with Gasteiger partial charge in [-0.1, -0.05) is 18.5 Å². The van der Waals surface area contributed by atoms with E-state index in [-0.39, 0.29) is 18.0 Å². The molecule has 4 rings (SSSR count). The summed E-state index contributed by atoms with van der Waals surface area (Å²) in [5.74, 6) is 1.46. The zero-order chi connectivity index (χ0) is 19.1. The van der Waals surface area contributed by atoms with Gasteiger partial charge in [-0.3, -0.25) is 9.69 Å². The number of amides is 1. The number of hydrogen-bond donors (Lipinski definition) is 1. The fourth-order valence-corrected chi connectivity index (χ4v) is 4.49. The predicted molar refractivity (Wildman–Crippen MR) is 106 cm³/mol. The number of nitrogens with one attached hydrogen (secondary N) is 1. The van der Waals surface area contributed by atoms with Crippen molar-refractivity contribution in [2.75, 3.05) is 26.1 Å². The van der Waals surface area contributed by atoms with Gasteiger partial charge in [0.05, 0.1) is 26.3 Å². The van der Waals surface area contributed by atoms with Crippen LogP contribution in [-0.2, 0) is 11.2 Å². The van der Waals surface area contributed by atoms with E-state index in [4.69, 9.17) is 21.1 Å². The van der Waals surface area contributed by atoms with Crippen LogP contribution in [0.1, 0.15) is 36.1 Å². The normalized spacial score (nSPS) is 21.4. The van der Waals surface area contributed by atoms with E-state index in [1.165, 1.54) is 5.56 Å². The van der Waals surface area contributed by atoms with Gasteiger partial charge in [0.25, 0.3) is 0 Å². The Morgan fingerprint density at radius 1 is 1.15 bits per heavy atom. The Kier molecular flexibility index (Phi) is 4.74. The SMILES string of the molecule is CCC1C(=O)Nc2ccc(Cl)cc2C2c3cc(OC)c(OC)cc3CCN12. The molecule has 2 atom stereocenters. The second kappa shape index (κ2) is 7.06. The van der Waals surface area contributed by atoms with Gasteiger partial charge in [0, 0.05) is 17.3 Å². The van der Waals surface area contributed by atoms with E-state index in [1.54, 1.807) is 14.2 Å². The van der Waals surface area contributed by atoms with Gasteiger partial charge in [-0.25, -0.2) is 0 Å². The molecule has 0 radical (unpaired) electrons. The van der Waals surface area contributed by atoms with Crippen LogP contribution in [0.3, 0.4) is 0 Å². The molecule has 27 heavy (non-hydrogen) atoms. The van der Waals surface area contributed by atoms with Gasteiger partial charge >= 0.3 is 0 Å². The standard InChI is InChI=1S/C21H23ClN2O3/c1-4-17-21(25)23-16-6-5-13(22)10-15(16)20-14-11-19(27-3)18(26-2)9-12(14)7-8-24(17)20/h5-6,9-11,17,20H,4,7-8H2,1-3H3,(H,23,25). The second-order valence-corrected chi connectivity index (χ2v) is 7.38. The van der Waals surface area contributed by atoms with Gasteiger partial charge in [-0.15, -0.1) is 0 Å². The summed E-state index contributed by atoms with van der Waals surface area (Å²) in [6.45, 7) is 2.85. The molecule has 2 aliphatic rings. The summed E-state index contributed by atoms with van der Waals surface area (Å²) in [7, 11) is 3.29. The van der Waals surface area contributed by atoms with Gasteiger partial charge in [-0.2, -0.15) is 0 Å². The molecular weight excluding hydrogens is 364 g/mol. The Morgan fingerprint density at radius 3 is 2.59 bits per heavy atom. The lowest BCUT2D eigenvalue weighted by Gasteiger charge is -2.40. The molecule has 0 aliphatic carbocycles. The highest BCUT2D eigenvalue weighted by atomic mass is 35.5. The maximum Gasteiger partial charge on any atom is 0.241 e. The topological polar surface area (TPSA) is 50.8 Å². The molecule has 142 valence electrons. The first-order valence-corrected chi connectivity index (χ1v) is 9.56. The maximum absolute atomic E-state index is 12.9. The van der Waals surface area contributed by atoms with E-state index in [0.29, 0.717) is 10.8 Å². The number of ether oxygens (including phenoxy) is 2. The Bertz CT molecular complexity index is 899. The number of carbonyl (C=O) groups excluding carboxylic acids is 1. The molecule has 5 nitrogen and oxygen atoms in total. The Morgan fingerprint density at radius 2 is 1.89 bits per heavy atom. The van der Waals surface area contributed by atoms with Crippen LogP contribution in [0.25, 0.3) is 0 Å². The third-order valence-electron chi connectivity index (χ3n) is 5.57. The van der Waals surface area contributed by atoms with Crippen molar-refractivity contribution in [2.45, 2.75) is 31.8 Å². The van der Waals surface area contributed by atoms with Crippen LogP contribution in [-0.4, -0.2) is 37.6 Å². The number of fused-ring (bicyclic) bond motifs is 5. The van der Waals surface area contributed by atoms with E-state index in [2.05, 4.69) is 16.3 Å². The zero-order valence-corrected chi connectivity index (χ0v) is 16.5. The number of halogens is 1. The lowest BCUT2D eigenvalue weighted by Crippen LogP contribution is -2.46. The Labute approximate surface area is 164 Å². The van der Waals surface area contributed by atoms with Crippen LogP contribution >= 0.6 is 11.6 Å². The Balaban J connectivity index is 1.96. The summed E-state index contributed by atoms with van der Waals surface area (Å²) in [5.41, 5.74) is 4.18. The fourth-order valence-electron chi connectivity index (χ4n) is 4.31. The number of benzene rings is 2. The summed E-state index contributed by atoms with van der Waals surface area (Å²) in [4.78, 5) is 15.1. The first kappa shape index (κ1) is 18.1. The largest absolute Gasteiger partial charge is 0.493 e. The van der Waals surface area contributed by atoms with Crippen molar-refractivity contribution in [3.05, 3.63) is 52.0 Å². The molecule has 1 N–H and O–H groups in total.